The van der Waals surface area contributed by atoms with Gasteiger partial charge < -0.3 is 10.1 Å². The van der Waals surface area contributed by atoms with Gasteiger partial charge >= 0.3 is 0 Å². The number of aromatic nitrogens is 2. The van der Waals surface area contributed by atoms with Crippen LogP contribution in [-0.4, -0.2) is 15.9 Å². The van der Waals surface area contributed by atoms with Gasteiger partial charge in [-0.2, -0.15) is 0 Å². The van der Waals surface area contributed by atoms with Gasteiger partial charge in [-0.3, -0.25) is 4.79 Å². The number of amides is 1. The van der Waals surface area contributed by atoms with Gasteiger partial charge in [-0.1, -0.05) is 37.3 Å². The highest BCUT2D eigenvalue weighted by molar-refractivity contribution is 5.91. The van der Waals surface area contributed by atoms with Crippen molar-refractivity contribution in [2.75, 3.05) is 5.32 Å². The zero-order valence-corrected chi connectivity index (χ0v) is 14.0. The molecule has 0 aliphatic carbocycles. The highest BCUT2D eigenvalue weighted by Crippen LogP contribution is 2.21. The van der Waals surface area contributed by atoms with Gasteiger partial charge in [-0.05, 0) is 35.9 Å². The van der Waals surface area contributed by atoms with Crippen molar-refractivity contribution in [1.29, 1.82) is 0 Å². The second kappa shape index (κ2) is 8.06. The molecule has 126 valence electrons. The van der Waals surface area contributed by atoms with E-state index in [1.807, 2.05) is 61.5 Å². The Labute approximate surface area is 146 Å². The van der Waals surface area contributed by atoms with E-state index in [4.69, 9.17) is 4.74 Å². The molecule has 0 saturated carbocycles. The summed E-state index contributed by atoms with van der Waals surface area (Å²) in [4.78, 5) is 20.5. The molecule has 25 heavy (non-hydrogen) atoms. The third-order valence-electron chi connectivity index (χ3n) is 3.56. The van der Waals surface area contributed by atoms with Crippen molar-refractivity contribution in [3.63, 3.8) is 0 Å². The van der Waals surface area contributed by atoms with Gasteiger partial charge in [0.15, 0.2) is 0 Å². The van der Waals surface area contributed by atoms with Crippen molar-refractivity contribution < 1.29 is 9.53 Å². The fraction of sp³-hybridized carbons (Fsp3) is 0.150. The van der Waals surface area contributed by atoms with Crippen LogP contribution in [-0.2, 0) is 17.6 Å². The van der Waals surface area contributed by atoms with Crippen LogP contribution >= 0.6 is 0 Å². The first-order chi connectivity index (χ1) is 12.2. The van der Waals surface area contributed by atoms with E-state index in [1.54, 1.807) is 12.3 Å². The Hall–Kier alpha value is -3.21. The van der Waals surface area contributed by atoms with Crippen molar-refractivity contribution in [3.8, 4) is 11.5 Å². The van der Waals surface area contributed by atoms with E-state index in [1.165, 1.54) is 0 Å². The Morgan fingerprint density at radius 3 is 2.44 bits per heavy atom. The van der Waals surface area contributed by atoms with E-state index in [-0.39, 0.29) is 12.3 Å². The van der Waals surface area contributed by atoms with E-state index in [0.717, 1.165) is 23.5 Å². The van der Waals surface area contributed by atoms with Gasteiger partial charge in [-0.25, -0.2) is 9.97 Å². The minimum absolute atomic E-state index is 0.113. The highest BCUT2D eigenvalue weighted by Gasteiger charge is 2.06. The van der Waals surface area contributed by atoms with Crippen molar-refractivity contribution in [1.82, 2.24) is 9.97 Å². The van der Waals surface area contributed by atoms with Crippen molar-refractivity contribution in [2.24, 2.45) is 0 Å². The summed E-state index contributed by atoms with van der Waals surface area (Å²) in [5.74, 6) is 2.64. The average molecular weight is 333 g/mol. The smallest absolute Gasteiger partial charge is 0.229 e. The lowest BCUT2D eigenvalue weighted by Gasteiger charge is -2.07. The molecule has 3 aromatic rings. The van der Waals surface area contributed by atoms with Gasteiger partial charge in [0.05, 0.1) is 6.42 Å². The zero-order valence-electron chi connectivity index (χ0n) is 14.0. The standard InChI is InChI=1S/C20H19N3O2/c1-2-18-21-13-12-19(22-18)23-20(24)14-15-8-10-17(11-9-15)25-16-6-4-3-5-7-16/h3-13H,2,14H2,1H3,(H,21,22,23,24). The predicted molar refractivity (Wildman–Crippen MR) is 96.7 cm³/mol. The van der Waals surface area contributed by atoms with Crippen LogP contribution in [0.2, 0.25) is 0 Å². The number of hydrogen-bond donors (Lipinski definition) is 1. The number of benzene rings is 2. The van der Waals surface area contributed by atoms with Crippen LogP contribution in [0.3, 0.4) is 0 Å². The van der Waals surface area contributed by atoms with Crippen LogP contribution in [0.5, 0.6) is 11.5 Å². The topological polar surface area (TPSA) is 64.1 Å². The maximum atomic E-state index is 12.2. The monoisotopic (exact) mass is 333 g/mol. The Morgan fingerprint density at radius 1 is 1.00 bits per heavy atom. The molecule has 0 atom stereocenters. The first kappa shape index (κ1) is 16.6. The quantitative estimate of drug-likeness (QED) is 0.740. The first-order valence-corrected chi connectivity index (χ1v) is 8.16. The second-order valence-corrected chi connectivity index (χ2v) is 5.50. The van der Waals surface area contributed by atoms with Crippen molar-refractivity contribution in [2.45, 2.75) is 19.8 Å². The molecule has 0 aliphatic rings. The maximum Gasteiger partial charge on any atom is 0.229 e. The molecule has 0 saturated heterocycles. The van der Waals surface area contributed by atoms with Gasteiger partial charge in [0.2, 0.25) is 5.91 Å². The van der Waals surface area contributed by atoms with Gasteiger partial charge in [-0.15, -0.1) is 0 Å². The average Bonchev–Trinajstić information content (AvgIpc) is 2.64. The van der Waals surface area contributed by atoms with Crippen LogP contribution < -0.4 is 10.1 Å². The summed E-state index contributed by atoms with van der Waals surface area (Å²) in [7, 11) is 0. The molecule has 3 rings (SSSR count). The number of para-hydroxylation sites is 1. The molecule has 0 aliphatic heterocycles. The number of nitrogens with one attached hydrogen (secondary N) is 1. The Bertz CT molecular complexity index is 833. The molecule has 0 bridgehead atoms. The molecule has 0 spiro atoms. The molecule has 1 N–H and O–H groups in total. The van der Waals surface area contributed by atoms with Gasteiger partial charge in [0.25, 0.3) is 0 Å². The fourth-order valence-corrected chi connectivity index (χ4v) is 2.31. The predicted octanol–water partition coefficient (Wildman–Crippen LogP) is 4.01. The van der Waals surface area contributed by atoms with E-state index >= 15 is 0 Å². The number of ether oxygens (including phenoxy) is 1. The lowest BCUT2D eigenvalue weighted by molar-refractivity contribution is -0.115. The molecule has 1 aromatic heterocycles. The highest BCUT2D eigenvalue weighted by atomic mass is 16.5. The van der Waals surface area contributed by atoms with Crippen molar-refractivity contribution in [3.05, 3.63) is 78.2 Å². The molecule has 1 heterocycles. The third kappa shape index (κ3) is 4.88. The van der Waals surface area contributed by atoms with E-state index in [9.17, 15) is 4.79 Å². The Morgan fingerprint density at radius 2 is 1.72 bits per heavy atom. The number of aryl methyl sites for hydroxylation is 1. The number of carbonyl (C=O) groups excluding carboxylic acids is 1. The summed E-state index contributed by atoms with van der Waals surface area (Å²) >= 11 is 0. The van der Waals surface area contributed by atoms with Crippen LogP contribution in [0.4, 0.5) is 5.82 Å². The fourth-order valence-electron chi connectivity index (χ4n) is 2.31. The number of hydrogen-bond acceptors (Lipinski definition) is 4. The van der Waals surface area contributed by atoms with E-state index in [0.29, 0.717) is 11.6 Å². The molecule has 0 radical (unpaired) electrons. The molecular weight excluding hydrogens is 314 g/mol. The zero-order chi connectivity index (χ0) is 17.5. The molecule has 5 heteroatoms. The largest absolute Gasteiger partial charge is 0.457 e. The molecule has 1 amide bonds. The lowest BCUT2D eigenvalue weighted by Crippen LogP contribution is -2.15. The van der Waals surface area contributed by atoms with Gasteiger partial charge in [0.1, 0.15) is 23.1 Å². The molecule has 0 unspecified atom stereocenters. The maximum absolute atomic E-state index is 12.2. The summed E-state index contributed by atoms with van der Waals surface area (Å²) < 4.78 is 5.74. The number of rotatable bonds is 6. The second-order valence-electron chi connectivity index (χ2n) is 5.50. The summed E-state index contributed by atoms with van der Waals surface area (Å²) in [6, 6.07) is 18.7. The number of anilines is 1. The minimum Gasteiger partial charge on any atom is -0.457 e. The van der Waals surface area contributed by atoms with Crippen LogP contribution in [0.25, 0.3) is 0 Å². The minimum atomic E-state index is -0.113. The van der Waals surface area contributed by atoms with E-state index < -0.39 is 0 Å². The lowest BCUT2D eigenvalue weighted by atomic mass is 10.1. The third-order valence-corrected chi connectivity index (χ3v) is 3.56. The molecular formula is C20H19N3O2. The Balaban J connectivity index is 1.58. The Kier molecular flexibility index (Phi) is 5.36. The summed E-state index contributed by atoms with van der Waals surface area (Å²) in [6.45, 7) is 1.97. The summed E-state index contributed by atoms with van der Waals surface area (Å²) in [6.07, 6.45) is 2.65. The first-order valence-electron chi connectivity index (χ1n) is 8.16. The number of carbonyl (C=O) groups is 1. The summed E-state index contributed by atoms with van der Waals surface area (Å²) in [5.41, 5.74) is 0.905. The van der Waals surface area contributed by atoms with E-state index in [2.05, 4.69) is 15.3 Å². The van der Waals surface area contributed by atoms with Crippen LogP contribution in [0, 0.1) is 0 Å². The molecule has 0 fully saturated rings. The van der Waals surface area contributed by atoms with Gasteiger partial charge in [0, 0.05) is 12.6 Å². The SMILES string of the molecule is CCc1nccc(NC(=O)Cc2ccc(Oc3ccccc3)cc2)n1. The normalized spacial score (nSPS) is 10.3. The molecule has 2 aromatic carbocycles. The van der Waals surface area contributed by atoms with Crippen LogP contribution in [0.15, 0.2) is 66.9 Å². The van der Waals surface area contributed by atoms with Crippen LogP contribution in [0.1, 0.15) is 18.3 Å². The summed E-state index contributed by atoms with van der Waals surface area (Å²) in [5, 5.41) is 2.80. The van der Waals surface area contributed by atoms with Crippen molar-refractivity contribution >= 4 is 11.7 Å². The molecule has 5 nitrogen and oxygen atoms in total. The number of nitrogens with zero attached hydrogens (tertiary/aromatic N) is 2.